The lowest BCUT2D eigenvalue weighted by Gasteiger charge is -2.19. The van der Waals surface area contributed by atoms with Gasteiger partial charge in [-0.1, -0.05) is 39.0 Å². The van der Waals surface area contributed by atoms with Crippen molar-refractivity contribution in [1.82, 2.24) is 0 Å². The highest BCUT2D eigenvalue weighted by Gasteiger charge is 2.25. The lowest BCUT2D eigenvalue weighted by atomic mass is 9.87. The molecule has 0 unspecified atom stereocenters. The third kappa shape index (κ3) is 4.94. The topological polar surface area (TPSA) is 73.9 Å². The summed E-state index contributed by atoms with van der Waals surface area (Å²) < 4.78 is 16.2. The summed E-state index contributed by atoms with van der Waals surface area (Å²) in [5.41, 5.74) is 3.92. The van der Waals surface area contributed by atoms with E-state index in [1.54, 1.807) is 6.92 Å². The number of carbonyl (C=O) groups is 2. The average Bonchev–Trinajstić information content (AvgIpc) is 3.37. The maximum atomic E-state index is 13.0. The number of benzene rings is 2. The van der Waals surface area contributed by atoms with Gasteiger partial charge < -0.3 is 19.5 Å². The van der Waals surface area contributed by atoms with E-state index in [4.69, 9.17) is 14.2 Å². The van der Waals surface area contributed by atoms with Crippen LogP contribution in [0.5, 0.6) is 11.5 Å². The van der Waals surface area contributed by atoms with Gasteiger partial charge in [0.05, 0.1) is 12.2 Å². The van der Waals surface area contributed by atoms with E-state index in [9.17, 15) is 9.59 Å². The first kappa shape index (κ1) is 23.8. The zero-order valence-electron chi connectivity index (χ0n) is 20.1. The van der Waals surface area contributed by atoms with Crippen molar-refractivity contribution in [2.45, 2.75) is 46.5 Å². The maximum absolute atomic E-state index is 13.0. The first-order valence-electron chi connectivity index (χ1n) is 11.3. The van der Waals surface area contributed by atoms with Crippen molar-refractivity contribution in [2.24, 2.45) is 0 Å². The van der Waals surface area contributed by atoms with Crippen LogP contribution in [0.1, 0.15) is 70.0 Å². The Morgan fingerprint density at radius 3 is 2.44 bits per heavy atom. The van der Waals surface area contributed by atoms with Crippen molar-refractivity contribution >= 4 is 28.2 Å². The van der Waals surface area contributed by atoms with Crippen LogP contribution in [0.3, 0.4) is 0 Å². The Morgan fingerprint density at radius 1 is 1.06 bits per heavy atom. The molecule has 2 heterocycles. The molecule has 2 aromatic carbocycles. The fraction of sp³-hybridized carbons (Fsp3) is 0.333. The Morgan fingerprint density at radius 2 is 1.76 bits per heavy atom. The number of nitrogens with one attached hydrogen (secondary N) is 1. The standard InChI is InChI=1S/C27H29NO5S/c1-6-31-26(30)23-16(2)22(14-17-7-12-20-21(13-17)33-15-32-20)34-25(23)28-24(29)18-8-10-19(11-9-18)27(3,4)5/h7-13H,6,14-15H2,1-5H3,(H,28,29). The zero-order chi connectivity index (χ0) is 24.5. The van der Waals surface area contributed by atoms with Crippen molar-refractivity contribution in [3.8, 4) is 11.5 Å². The van der Waals surface area contributed by atoms with E-state index in [-0.39, 0.29) is 24.7 Å². The van der Waals surface area contributed by atoms with Gasteiger partial charge in [0.25, 0.3) is 5.91 Å². The minimum Gasteiger partial charge on any atom is -0.462 e. The third-order valence-electron chi connectivity index (χ3n) is 5.77. The van der Waals surface area contributed by atoms with Crippen molar-refractivity contribution in [3.05, 3.63) is 75.2 Å². The molecule has 3 aromatic rings. The smallest absolute Gasteiger partial charge is 0.341 e. The molecule has 1 aliphatic rings. The quantitative estimate of drug-likeness (QED) is 0.432. The summed E-state index contributed by atoms with van der Waals surface area (Å²) in [6.45, 7) is 10.5. The summed E-state index contributed by atoms with van der Waals surface area (Å²) in [6, 6.07) is 13.4. The number of rotatable bonds is 6. The number of thiophene rings is 1. The van der Waals surface area contributed by atoms with E-state index in [1.807, 2.05) is 49.4 Å². The Labute approximate surface area is 203 Å². The molecule has 0 saturated heterocycles. The Balaban J connectivity index is 1.61. The maximum Gasteiger partial charge on any atom is 0.341 e. The highest BCUT2D eigenvalue weighted by atomic mass is 32.1. The molecule has 1 amide bonds. The van der Waals surface area contributed by atoms with Crippen molar-refractivity contribution in [3.63, 3.8) is 0 Å². The molecule has 0 saturated carbocycles. The molecule has 0 bridgehead atoms. The average molecular weight is 480 g/mol. The summed E-state index contributed by atoms with van der Waals surface area (Å²) >= 11 is 1.39. The monoisotopic (exact) mass is 479 g/mol. The fourth-order valence-corrected chi connectivity index (χ4v) is 5.02. The minimum atomic E-state index is -0.438. The number of hydrogen-bond acceptors (Lipinski definition) is 6. The van der Waals surface area contributed by atoms with E-state index in [0.29, 0.717) is 28.3 Å². The third-order valence-corrected chi connectivity index (χ3v) is 6.97. The number of carbonyl (C=O) groups excluding carboxylic acids is 2. The second-order valence-electron chi connectivity index (χ2n) is 9.22. The number of esters is 1. The molecule has 7 heteroatoms. The summed E-state index contributed by atoms with van der Waals surface area (Å²) in [5.74, 6) is 0.738. The van der Waals surface area contributed by atoms with Crippen molar-refractivity contribution in [2.75, 3.05) is 18.7 Å². The van der Waals surface area contributed by atoms with Gasteiger partial charge in [-0.15, -0.1) is 11.3 Å². The van der Waals surface area contributed by atoms with Crippen LogP contribution in [0.25, 0.3) is 0 Å². The van der Waals surface area contributed by atoms with Crippen LogP contribution >= 0.6 is 11.3 Å². The predicted molar refractivity (Wildman–Crippen MR) is 133 cm³/mol. The van der Waals surface area contributed by atoms with Gasteiger partial charge >= 0.3 is 5.97 Å². The molecule has 0 aliphatic carbocycles. The van der Waals surface area contributed by atoms with Crippen LogP contribution in [0.4, 0.5) is 5.00 Å². The van der Waals surface area contributed by atoms with Crippen LogP contribution in [0, 0.1) is 6.92 Å². The zero-order valence-corrected chi connectivity index (χ0v) is 20.9. The van der Waals surface area contributed by atoms with E-state index < -0.39 is 5.97 Å². The van der Waals surface area contributed by atoms with Gasteiger partial charge in [0.15, 0.2) is 11.5 Å². The summed E-state index contributed by atoms with van der Waals surface area (Å²) in [5, 5.41) is 3.44. The lowest BCUT2D eigenvalue weighted by Crippen LogP contribution is -2.16. The summed E-state index contributed by atoms with van der Waals surface area (Å²) in [7, 11) is 0. The van der Waals surface area contributed by atoms with Gasteiger partial charge in [-0.2, -0.15) is 0 Å². The second kappa shape index (κ2) is 9.50. The van der Waals surface area contributed by atoms with Crippen LogP contribution in [-0.2, 0) is 16.6 Å². The van der Waals surface area contributed by atoms with Gasteiger partial charge in [0.1, 0.15) is 5.00 Å². The first-order valence-corrected chi connectivity index (χ1v) is 12.1. The molecule has 0 spiro atoms. The van der Waals surface area contributed by atoms with Gasteiger partial charge in [-0.25, -0.2) is 4.79 Å². The van der Waals surface area contributed by atoms with Crippen LogP contribution in [0.2, 0.25) is 0 Å². The predicted octanol–water partition coefficient (Wildman–Crippen LogP) is 6.10. The Hall–Kier alpha value is -3.32. The SMILES string of the molecule is CCOC(=O)c1c(NC(=O)c2ccc(C(C)(C)C)cc2)sc(Cc2ccc3c(c2)OCO3)c1C. The Kier molecular flexibility index (Phi) is 6.66. The molecule has 1 aliphatic heterocycles. The molecule has 34 heavy (non-hydrogen) atoms. The fourth-order valence-electron chi connectivity index (χ4n) is 3.80. The molecule has 1 aromatic heterocycles. The molecular formula is C27H29NO5S. The molecule has 1 N–H and O–H groups in total. The second-order valence-corrected chi connectivity index (χ2v) is 10.3. The minimum absolute atomic E-state index is 0.000569. The van der Waals surface area contributed by atoms with E-state index >= 15 is 0 Å². The molecule has 0 atom stereocenters. The van der Waals surface area contributed by atoms with Gasteiger partial charge in [0.2, 0.25) is 6.79 Å². The van der Waals surface area contributed by atoms with Gasteiger partial charge in [-0.05, 0) is 60.2 Å². The molecule has 6 nitrogen and oxygen atoms in total. The van der Waals surface area contributed by atoms with Gasteiger partial charge in [-0.3, -0.25) is 4.79 Å². The molecular weight excluding hydrogens is 450 g/mol. The van der Waals surface area contributed by atoms with Crippen LogP contribution in [-0.4, -0.2) is 25.3 Å². The number of hydrogen-bond donors (Lipinski definition) is 1. The summed E-state index contributed by atoms with van der Waals surface area (Å²) in [6.07, 6.45) is 0.593. The highest BCUT2D eigenvalue weighted by Crippen LogP contribution is 2.38. The summed E-state index contributed by atoms with van der Waals surface area (Å²) in [4.78, 5) is 26.8. The number of ether oxygens (including phenoxy) is 3. The van der Waals surface area contributed by atoms with E-state index in [0.717, 1.165) is 27.3 Å². The molecule has 0 fully saturated rings. The van der Waals surface area contributed by atoms with E-state index in [1.165, 1.54) is 11.3 Å². The highest BCUT2D eigenvalue weighted by molar-refractivity contribution is 7.17. The number of fused-ring (bicyclic) bond motifs is 1. The molecule has 178 valence electrons. The lowest BCUT2D eigenvalue weighted by molar-refractivity contribution is 0.0527. The largest absolute Gasteiger partial charge is 0.462 e. The molecule has 0 radical (unpaired) electrons. The van der Waals surface area contributed by atoms with E-state index in [2.05, 4.69) is 26.1 Å². The van der Waals surface area contributed by atoms with Crippen molar-refractivity contribution in [1.29, 1.82) is 0 Å². The molecule has 4 rings (SSSR count). The van der Waals surface area contributed by atoms with Crippen LogP contribution < -0.4 is 14.8 Å². The van der Waals surface area contributed by atoms with Gasteiger partial charge in [0, 0.05) is 16.9 Å². The normalized spacial score (nSPS) is 12.5. The van der Waals surface area contributed by atoms with Crippen molar-refractivity contribution < 1.29 is 23.8 Å². The first-order chi connectivity index (χ1) is 16.2. The van der Waals surface area contributed by atoms with Crippen LogP contribution in [0.15, 0.2) is 42.5 Å². The number of amides is 1. The number of anilines is 1. The Bertz CT molecular complexity index is 1220.